The van der Waals surface area contributed by atoms with E-state index in [2.05, 4.69) is 10.1 Å². The molecule has 0 saturated heterocycles. The summed E-state index contributed by atoms with van der Waals surface area (Å²) in [6, 6.07) is 4.32. The van der Waals surface area contributed by atoms with Crippen molar-refractivity contribution in [3.63, 3.8) is 0 Å². The Morgan fingerprint density at radius 1 is 1.50 bits per heavy atom. The average Bonchev–Trinajstić information content (AvgIpc) is 2.28. The van der Waals surface area contributed by atoms with Crippen LogP contribution in [0.1, 0.15) is 18.1 Å². The number of alkyl halides is 3. The van der Waals surface area contributed by atoms with Crippen molar-refractivity contribution >= 4 is 11.8 Å². The lowest BCUT2D eigenvalue weighted by molar-refractivity contribution is -0.137. The average molecular weight is 258 g/mol. The molecule has 0 fully saturated rings. The summed E-state index contributed by atoms with van der Waals surface area (Å²) in [5, 5.41) is 10.7. The number of hydrogen-bond donors (Lipinski definition) is 1. The molecule has 0 aliphatic rings. The van der Waals surface area contributed by atoms with Gasteiger partial charge in [-0.15, -0.1) is 0 Å². The van der Waals surface area contributed by atoms with Crippen LogP contribution in [0.3, 0.4) is 0 Å². The highest BCUT2D eigenvalue weighted by Gasteiger charge is 2.33. The van der Waals surface area contributed by atoms with E-state index in [1.807, 2.05) is 0 Å². The van der Waals surface area contributed by atoms with Crippen LogP contribution in [0, 0.1) is 11.3 Å². The van der Waals surface area contributed by atoms with E-state index >= 15 is 0 Å². The van der Waals surface area contributed by atoms with Crippen LogP contribution in [0.25, 0.3) is 0 Å². The topological polar surface area (TPSA) is 62.1 Å². The number of nitriles is 1. The number of benzene rings is 1. The molecular weight excluding hydrogens is 249 g/mol. The van der Waals surface area contributed by atoms with E-state index in [0.717, 1.165) is 6.07 Å². The molecule has 18 heavy (non-hydrogen) atoms. The molecule has 0 aliphatic carbocycles. The predicted molar refractivity (Wildman–Crippen MR) is 56.8 cm³/mol. The number of amides is 1. The summed E-state index contributed by atoms with van der Waals surface area (Å²) in [6.07, 6.45) is -5.51. The van der Waals surface area contributed by atoms with Crippen LogP contribution in [0.4, 0.5) is 23.7 Å². The highest BCUT2D eigenvalue weighted by molar-refractivity contribution is 5.84. The Hall–Kier alpha value is -2.23. The maximum Gasteiger partial charge on any atom is 0.417 e. The number of carbonyl (C=O) groups is 1. The lowest BCUT2D eigenvalue weighted by Crippen LogP contribution is -2.15. The number of nitrogens with one attached hydrogen (secondary N) is 1. The van der Waals surface area contributed by atoms with Gasteiger partial charge in [0.15, 0.2) is 0 Å². The minimum atomic E-state index is -4.66. The zero-order valence-electron chi connectivity index (χ0n) is 9.34. The third kappa shape index (κ3) is 3.38. The van der Waals surface area contributed by atoms with Crippen molar-refractivity contribution in [1.82, 2.24) is 0 Å². The molecular formula is C11H9F3N2O2. The SMILES string of the molecule is CCOC(=O)Nc1ccc(C#N)c(C(F)(F)F)c1. The fraction of sp³-hybridized carbons (Fsp3) is 0.273. The standard InChI is InChI=1S/C11H9F3N2O2/c1-2-18-10(17)16-8-4-3-7(6-15)9(5-8)11(12,13)14/h3-5H,2H2,1H3,(H,16,17). The van der Waals surface area contributed by atoms with Gasteiger partial charge in [0, 0.05) is 5.69 Å². The van der Waals surface area contributed by atoms with Gasteiger partial charge in [-0.3, -0.25) is 5.32 Å². The minimum Gasteiger partial charge on any atom is -0.450 e. The van der Waals surface area contributed by atoms with Crippen molar-refractivity contribution in [2.45, 2.75) is 13.1 Å². The van der Waals surface area contributed by atoms with E-state index in [1.165, 1.54) is 12.1 Å². The molecule has 0 aliphatic heterocycles. The van der Waals surface area contributed by atoms with E-state index in [1.54, 1.807) is 6.92 Å². The number of anilines is 1. The van der Waals surface area contributed by atoms with Gasteiger partial charge in [-0.1, -0.05) is 0 Å². The summed E-state index contributed by atoms with van der Waals surface area (Å²) in [4.78, 5) is 11.0. The summed E-state index contributed by atoms with van der Waals surface area (Å²) in [5.74, 6) is 0. The normalized spacial score (nSPS) is 10.6. The number of ether oxygens (including phenoxy) is 1. The van der Waals surface area contributed by atoms with E-state index in [9.17, 15) is 18.0 Å². The van der Waals surface area contributed by atoms with E-state index < -0.39 is 23.4 Å². The molecule has 0 bridgehead atoms. The molecule has 7 heteroatoms. The molecule has 0 aromatic heterocycles. The predicted octanol–water partition coefficient (Wildman–Crippen LogP) is 3.15. The first kappa shape index (κ1) is 13.8. The van der Waals surface area contributed by atoms with Gasteiger partial charge < -0.3 is 4.74 Å². The van der Waals surface area contributed by atoms with Gasteiger partial charge in [-0.2, -0.15) is 18.4 Å². The largest absolute Gasteiger partial charge is 0.450 e. The highest BCUT2D eigenvalue weighted by Crippen LogP contribution is 2.33. The van der Waals surface area contributed by atoms with Gasteiger partial charge in [-0.25, -0.2) is 4.79 Å². The summed E-state index contributed by atoms with van der Waals surface area (Å²) in [7, 11) is 0. The monoisotopic (exact) mass is 258 g/mol. The molecule has 0 atom stereocenters. The third-order valence-electron chi connectivity index (χ3n) is 1.97. The maximum atomic E-state index is 12.6. The Morgan fingerprint density at radius 2 is 2.17 bits per heavy atom. The number of nitrogens with zero attached hydrogens (tertiary/aromatic N) is 1. The molecule has 0 unspecified atom stereocenters. The molecule has 96 valence electrons. The van der Waals surface area contributed by atoms with Gasteiger partial charge in [-0.05, 0) is 25.1 Å². The second-order valence-electron chi connectivity index (χ2n) is 3.22. The molecule has 0 spiro atoms. The van der Waals surface area contributed by atoms with Crippen molar-refractivity contribution < 1.29 is 22.7 Å². The first-order valence-corrected chi connectivity index (χ1v) is 4.93. The minimum absolute atomic E-state index is 0.0835. The highest BCUT2D eigenvalue weighted by atomic mass is 19.4. The van der Waals surface area contributed by atoms with E-state index in [0.29, 0.717) is 6.07 Å². The summed E-state index contributed by atoms with van der Waals surface area (Å²) < 4.78 is 42.3. The molecule has 0 saturated carbocycles. The zero-order chi connectivity index (χ0) is 13.8. The van der Waals surface area contributed by atoms with Crippen molar-refractivity contribution in [3.05, 3.63) is 29.3 Å². The molecule has 4 nitrogen and oxygen atoms in total. The maximum absolute atomic E-state index is 12.6. The number of hydrogen-bond acceptors (Lipinski definition) is 3. The molecule has 1 amide bonds. The fourth-order valence-corrected chi connectivity index (χ4v) is 1.24. The molecule has 1 rings (SSSR count). The summed E-state index contributed by atoms with van der Waals surface area (Å²) in [5.41, 5.74) is -1.68. The van der Waals surface area contributed by atoms with Crippen LogP contribution in [0.5, 0.6) is 0 Å². The van der Waals surface area contributed by atoms with Crippen LogP contribution in [-0.2, 0) is 10.9 Å². The molecule has 1 aromatic carbocycles. The first-order chi connectivity index (χ1) is 8.38. The quantitative estimate of drug-likeness (QED) is 0.886. The van der Waals surface area contributed by atoms with Crippen molar-refractivity contribution in [3.8, 4) is 6.07 Å². The molecule has 1 aromatic rings. The second-order valence-corrected chi connectivity index (χ2v) is 3.22. The van der Waals surface area contributed by atoms with Gasteiger partial charge in [0.2, 0.25) is 0 Å². The lowest BCUT2D eigenvalue weighted by Gasteiger charge is -2.11. The van der Waals surface area contributed by atoms with Crippen LogP contribution in [0.15, 0.2) is 18.2 Å². The van der Waals surface area contributed by atoms with E-state index in [-0.39, 0.29) is 12.3 Å². The number of rotatable bonds is 2. The smallest absolute Gasteiger partial charge is 0.417 e. The lowest BCUT2D eigenvalue weighted by atomic mass is 10.1. The van der Waals surface area contributed by atoms with E-state index in [4.69, 9.17) is 5.26 Å². The van der Waals surface area contributed by atoms with Crippen LogP contribution < -0.4 is 5.32 Å². The van der Waals surface area contributed by atoms with Crippen molar-refractivity contribution in [1.29, 1.82) is 5.26 Å². The Kier molecular flexibility index (Phi) is 4.15. The van der Waals surface area contributed by atoms with Crippen molar-refractivity contribution in [2.24, 2.45) is 0 Å². The van der Waals surface area contributed by atoms with Gasteiger partial charge >= 0.3 is 12.3 Å². The second kappa shape index (κ2) is 5.40. The Bertz CT molecular complexity index is 492. The fourth-order valence-electron chi connectivity index (χ4n) is 1.24. The molecule has 1 N–H and O–H groups in total. The Balaban J connectivity index is 3.05. The number of carbonyl (C=O) groups excluding carboxylic acids is 1. The molecule has 0 radical (unpaired) electrons. The van der Waals surface area contributed by atoms with Gasteiger partial charge in [0.05, 0.1) is 23.8 Å². The molecule has 0 heterocycles. The van der Waals surface area contributed by atoms with Crippen LogP contribution in [-0.4, -0.2) is 12.7 Å². The summed E-state index contributed by atoms with van der Waals surface area (Å²) >= 11 is 0. The van der Waals surface area contributed by atoms with Crippen LogP contribution in [0.2, 0.25) is 0 Å². The van der Waals surface area contributed by atoms with Gasteiger partial charge in [0.25, 0.3) is 0 Å². The third-order valence-corrected chi connectivity index (χ3v) is 1.97. The zero-order valence-corrected chi connectivity index (χ0v) is 9.34. The summed E-state index contributed by atoms with van der Waals surface area (Å²) in [6.45, 7) is 1.67. The van der Waals surface area contributed by atoms with Crippen LogP contribution >= 0.6 is 0 Å². The van der Waals surface area contributed by atoms with Crippen molar-refractivity contribution in [2.75, 3.05) is 11.9 Å². The number of halogens is 3. The Labute approximate surface area is 101 Å². The van der Waals surface area contributed by atoms with Gasteiger partial charge in [0.1, 0.15) is 0 Å². The first-order valence-electron chi connectivity index (χ1n) is 4.93. The Morgan fingerprint density at radius 3 is 2.67 bits per heavy atom.